The van der Waals surface area contributed by atoms with Crippen LogP contribution in [0.15, 0.2) is 12.7 Å². The predicted octanol–water partition coefficient (Wildman–Crippen LogP) is 2.56. The van der Waals surface area contributed by atoms with Crippen molar-refractivity contribution in [2.24, 2.45) is 23.2 Å². The van der Waals surface area contributed by atoms with Crippen molar-refractivity contribution in [1.82, 2.24) is 0 Å². The third-order valence-corrected chi connectivity index (χ3v) is 4.52. The first-order valence-corrected chi connectivity index (χ1v) is 5.43. The van der Waals surface area contributed by atoms with E-state index in [0.29, 0.717) is 5.41 Å². The summed E-state index contributed by atoms with van der Waals surface area (Å²) in [5.74, 6) is 3.23. The Hall–Kier alpha value is -0.300. The number of rotatable bonds is 1. The van der Waals surface area contributed by atoms with Gasteiger partial charge in [-0.15, -0.1) is 6.58 Å². The summed E-state index contributed by atoms with van der Waals surface area (Å²) in [6, 6.07) is 0. The van der Waals surface area contributed by atoms with Crippen LogP contribution in [0.2, 0.25) is 0 Å². The molecule has 74 valence electrons. The van der Waals surface area contributed by atoms with Crippen molar-refractivity contribution in [1.29, 1.82) is 0 Å². The van der Waals surface area contributed by atoms with Crippen LogP contribution in [0.4, 0.5) is 0 Å². The molecule has 0 radical (unpaired) electrons. The summed E-state index contributed by atoms with van der Waals surface area (Å²) < 4.78 is 0. The van der Waals surface area contributed by atoms with E-state index in [-0.39, 0.29) is 5.48 Å². The Morgan fingerprint density at radius 1 is 0.923 bits per heavy atom. The lowest BCUT2D eigenvalue weighted by Gasteiger charge is -2.55. The Labute approximate surface area is 80.5 Å². The molecular weight excluding hydrogens is 160 g/mol. The standard InChI is InChI=1S/C12H18.H2O/c1-2-12-6-9-3-10(7-12)5-11(4-9)8-12;/h2,9-11H,1,3-8H2;1H2. The van der Waals surface area contributed by atoms with Crippen molar-refractivity contribution in [3.8, 4) is 0 Å². The van der Waals surface area contributed by atoms with Gasteiger partial charge in [0.2, 0.25) is 0 Å². The molecule has 0 aromatic heterocycles. The van der Waals surface area contributed by atoms with Gasteiger partial charge in [0.15, 0.2) is 0 Å². The van der Waals surface area contributed by atoms with Gasteiger partial charge in [-0.05, 0) is 61.7 Å². The fourth-order valence-corrected chi connectivity index (χ4v) is 4.43. The largest absolute Gasteiger partial charge is 0.412 e. The fourth-order valence-electron chi connectivity index (χ4n) is 4.43. The second kappa shape index (κ2) is 2.84. The topological polar surface area (TPSA) is 31.5 Å². The molecular formula is C12H20O. The van der Waals surface area contributed by atoms with E-state index in [4.69, 9.17) is 0 Å². The van der Waals surface area contributed by atoms with Gasteiger partial charge >= 0.3 is 0 Å². The summed E-state index contributed by atoms with van der Waals surface area (Å²) in [6.07, 6.45) is 11.4. The number of allylic oxidation sites excluding steroid dienone is 1. The molecule has 0 aromatic rings. The van der Waals surface area contributed by atoms with Gasteiger partial charge in [0.1, 0.15) is 0 Å². The molecule has 4 aliphatic rings. The van der Waals surface area contributed by atoms with E-state index >= 15 is 0 Å². The maximum absolute atomic E-state index is 4.05. The van der Waals surface area contributed by atoms with E-state index in [0.717, 1.165) is 17.8 Å². The summed E-state index contributed by atoms with van der Waals surface area (Å²) in [5.41, 5.74) is 0.606. The maximum atomic E-state index is 4.05. The zero-order chi connectivity index (χ0) is 8.18. The Morgan fingerprint density at radius 2 is 1.31 bits per heavy atom. The highest BCUT2D eigenvalue weighted by Crippen LogP contribution is 2.60. The minimum atomic E-state index is 0. The number of hydrogen-bond acceptors (Lipinski definition) is 0. The van der Waals surface area contributed by atoms with Crippen LogP contribution in [0.1, 0.15) is 38.5 Å². The Balaban J connectivity index is 0.000000653. The number of hydrogen-bond donors (Lipinski definition) is 0. The van der Waals surface area contributed by atoms with Crippen LogP contribution in [0, 0.1) is 23.2 Å². The van der Waals surface area contributed by atoms with Gasteiger partial charge in [-0.2, -0.15) is 0 Å². The van der Waals surface area contributed by atoms with Crippen LogP contribution < -0.4 is 0 Å². The van der Waals surface area contributed by atoms with Crippen molar-refractivity contribution < 1.29 is 5.48 Å². The van der Waals surface area contributed by atoms with Crippen LogP contribution >= 0.6 is 0 Å². The van der Waals surface area contributed by atoms with Gasteiger partial charge in [0.25, 0.3) is 0 Å². The van der Waals surface area contributed by atoms with Crippen LogP contribution in [-0.2, 0) is 0 Å². The van der Waals surface area contributed by atoms with Crippen LogP contribution in [-0.4, -0.2) is 5.48 Å². The molecule has 0 spiro atoms. The molecule has 0 atom stereocenters. The molecule has 0 amide bonds. The summed E-state index contributed by atoms with van der Waals surface area (Å²) >= 11 is 0. The first kappa shape index (κ1) is 9.26. The van der Waals surface area contributed by atoms with Crippen LogP contribution in [0.3, 0.4) is 0 Å². The minimum absolute atomic E-state index is 0. The molecule has 4 bridgehead atoms. The lowest BCUT2D eigenvalue weighted by Crippen LogP contribution is -2.44. The molecule has 4 rings (SSSR count). The third kappa shape index (κ3) is 1.25. The van der Waals surface area contributed by atoms with Crippen LogP contribution in [0.5, 0.6) is 0 Å². The summed E-state index contributed by atoms with van der Waals surface area (Å²) in [4.78, 5) is 0. The van der Waals surface area contributed by atoms with Gasteiger partial charge < -0.3 is 5.48 Å². The van der Waals surface area contributed by atoms with Gasteiger partial charge in [-0.3, -0.25) is 0 Å². The molecule has 0 aliphatic heterocycles. The van der Waals surface area contributed by atoms with E-state index < -0.39 is 0 Å². The molecule has 1 nitrogen and oxygen atoms in total. The second-order valence-corrected chi connectivity index (χ2v) is 5.48. The first-order chi connectivity index (χ1) is 5.80. The smallest absolute Gasteiger partial charge is 0.0113 e. The maximum Gasteiger partial charge on any atom is -0.0113 e. The second-order valence-electron chi connectivity index (χ2n) is 5.48. The van der Waals surface area contributed by atoms with Crippen molar-refractivity contribution in [2.75, 3.05) is 0 Å². The highest BCUT2D eigenvalue weighted by Gasteiger charge is 2.49. The molecule has 4 aliphatic carbocycles. The lowest BCUT2D eigenvalue weighted by molar-refractivity contribution is -0.0235. The van der Waals surface area contributed by atoms with Gasteiger partial charge in [0, 0.05) is 0 Å². The SMILES string of the molecule is C=CC12CC3CC(CC(C3)C1)C2.O. The average Bonchev–Trinajstić information content (AvgIpc) is 2.02. The van der Waals surface area contributed by atoms with Crippen molar-refractivity contribution in [3.63, 3.8) is 0 Å². The third-order valence-electron chi connectivity index (χ3n) is 4.52. The highest BCUT2D eigenvalue weighted by molar-refractivity contribution is 5.08. The van der Waals surface area contributed by atoms with E-state index in [2.05, 4.69) is 12.7 Å². The first-order valence-electron chi connectivity index (χ1n) is 5.43. The van der Waals surface area contributed by atoms with Crippen LogP contribution in [0.25, 0.3) is 0 Å². The summed E-state index contributed by atoms with van der Waals surface area (Å²) in [7, 11) is 0. The summed E-state index contributed by atoms with van der Waals surface area (Å²) in [6.45, 7) is 4.05. The monoisotopic (exact) mass is 180 g/mol. The highest BCUT2D eigenvalue weighted by atomic mass is 16.0. The van der Waals surface area contributed by atoms with Gasteiger partial charge in [-0.25, -0.2) is 0 Å². The molecule has 4 saturated carbocycles. The average molecular weight is 180 g/mol. The normalized spacial score (nSPS) is 51.5. The Bertz CT molecular complexity index is 184. The Kier molecular flexibility index (Phi) is 2.03. The van der Waals surface area contributed by atoms with E-state index in [9.17, 15) is 0 Å². The van der Waals surface area contributed by atoms with Gasteiger partial charge in [-0.1, -0.05) is 6.08 Å². The summed E-state index contributed by atoms with van der Waals surface area (Å²) in [5, 5.41) is 0. The predicted molar refractivity (Wildman–Crippen MR) is 54.4 cm³/mol. The zero-order valence-corrected chi connectivity index (χ0v) is 8.26. The van der Waals surface area contributed by atoms with E-state index in [1.807, 2.05) is 0 Å². The fraction of sp³-hybridized carbons (Fsp3) is 0.833. The Morgan fingerprint density at radius 3 is 1.62 bits per heavy atom. The van der Waals surface area contributed by atoms with E-state index in [1.165, 1.54) is 19.3 Å². The quantitative estimate of drug-likeness (QED) is 0.555. The molecule has 1 heteroatoms. The molecule has 13 heavy (non-hydrogen) atoms. The lowest BCUT2D eigenvalue weighted by atomic mass is 9.50. The van der Waals surface area contributed by atoms with Crippen molar-refractivity contribution >= 4 is 0 Å². The molecule has 0 aromatic carbocycles. The molecule has 4 fully saturated rings. The minimum Gasteiger partial charge on any atom is -0.412 e. The van der Waals surface area contributed by atoms with E-state index in [1.54, 1.807) is 19.3 Å². The zero-order valence-electron chi connectivity index (χ0n) is 8.26. The van der Waals surface area contributed by atoms with Crippen molar-refractivity contribution in [2.45, 2.75) is 38.5 Å². The molecule has 0 saturated heterocycles. The van der Waals surface area contributed by atoms with Crippen molar-refractivity contribution in [3.05, 3.63) is 12.7 Å². The molecule has 0 heterocycles. The molecule has 0 unspecified atom stereocenters. The molecule has 2 N–H and O–H groups in total. The van der Waals surface area contributed by atoms with Gasteiger partial charge in [0.05, 0.1) is 0 Å².